The third kappa shape index (κ3) is 5.50. The van der Waals surface area contributed by atoms with Gasteiger partial charge >= 0.3 is 0 Å². The number of amides is 1. The van der Waals surface area contributed by atoms with Crippen molar-refractivity contribution in [2.45, 2.75) is 33.1 Å². The first-order chi connectivity index (χ1) is 8.13. The lowest BCUT2D eigenvalue weighted by molar-refractivity contribution is -0.120. The molecule has 0 aromatic heterocycles. The van der Waals surface area contributed by atoms with Gasteiger partial charge in [0.25, 0.3) is 0 Å². The standard InChI is InChI=1S/C13H26N2O2/c1-10(2)6-15-13(17)8-14-7-11-4-3-5-12(11)9-16/h10-12,14,16H,3-9H2,1-2H3,(H,15,17). The van der Waals surface area contributed by atoms with Gasteiger partial charge in [-0.2, -0.15) is 0 Å². The van der Waals surface area contributed by atoms with Gasteiger partial charge < -0.3 is 15.7 Å². The van der Waals surface area contributed by atoms with Crippen LogP contribution in [0.15, 0.2) is 0 Å². The van der Waals surface area contributed by atoms with E-state index in [9.17, 15) is 9.90 Å². The Bertz CT molecular complexity index is 231. The van der Waals surface area contributed by atoms with Crippen LogP contribution in [0.3, 0.4) is 0 Å². The highest BCUT2D eigenvalue weighted by molar-refractivity contribution is 5.77. The number of hydrogen-bond acceptors (Lipinski definition) is 3. The van der Waals surface area contributed by atoms with E-state index in [0.717, 1.165) is 19.5 Å². The minimum Gasteiger partial charge on any atom is -0.396 e. The van der Waals surface area contributed by atoms with Crippen molar-refractivity contribution in [1.29, 1.82) is 0 Å². The molecular formula is C13H26N2O2. The fourth-order valence-electron chi connectivity index (χ4n) is 2.37. The monoisotopic (exact) mass is 242 g/mol. The number of carbonyl (C=O) groups excluding carboxylic acids is 1. The van der Waals surface area contributed by atoms with E-state index in [1.165, 1.54) is 12.8 Å². The van der Waals surface area contributed by atoms with Crippen LogP contribution in [0.2, 0.25) is 0 Å². The summed E-state index contributed by atoms with van der Waals surface area (Å²) in [6.07, 6.45) is 3.51. The number of aliphatic hydroxyl groups excluding tert-OH is 1. The Kier molecular flexibility index (Phi) is 6.52. The van der Waals surface area contributed by atoms with Crippen LogP contribution in [-0.4, -0.2) is 37.3 Å². The largest absolute Gasteiger partial charge is 0.396 e. The fourth-order valence-corrected chi connectivity index (χ4v) is 2.37. The first kappa shape index (κ1) is 14.5. The molecule has 2 atom stereocenters. The fraction of sp³-hybridized carbons (Fsp3) is 0.923. The molecule has 0 spiro atoms. The molecule has 1 rings (SSSR count). The van der Waals surface area contributed by atoms with Gasteiger partial charge in [-0.25, -0.2) is 0 Å². The molecule has 4 heteroatoms. The molecule has 0 bridgehead atoms. The van der Waals surface area contributed by atoms with Crippen LogP contribution in [0, 0.1) is 17.8 Å². The van der Waals surface area contributed by atoms with Gasteiger partial charge in [0.15, 0.2) is 0 Å². The van der Waals surface area contributed by atoms with E-state index in [1.54, 1.807) is 0 Å². The maximum absolute atomic E-state index is 11.4. The molecular weight excluding hydrogens is 216 g/mol. The van der Waals surface area contributed by atoms with Crippen LogP contribution >= 0.6 is 0 Å². The van der Waals surface area contributed by atoms with Gasteiger partial charge in [-0.3, -0.25) is 4.79 Å². The third-order valence-corrected chi connectivity index (χ3v) is 3.45. The van der Waals surface area contributed by atoms with E-state index in [1.807, 2.05) is 0 Å². The Morgan fingerprint density at radius 3 is 2.71 bits per heavy atom. The molecule has 17 heavy (non-hydrogen) atoms. The molecule has 0 heterocycles. The normalized spacial score (nSPS) is 24.2. The molecule has 0 aromatic carbocycles. The quantitative estimate of drug-likeness (QED) is 0.617. The minimum absolute atomic E-state index is 0.0669. The minimum atomic E-state index is 0.0669. The molecule has 0 aromatic rings. The number of nitrogens with one attached hydrogen (secondary N) is 2. The molecule has 1 saturated carbocycles. The highest BCUT2D eigenvalue weighted by Gasteiger charge is 2.25. The second kappa shape index (κ2) is 7.67. The number of hydrogen-bond donors (Lipinski definition) is 3. The zero-order valence-corrected chi connectivity index (χ0v) is 11.0. The number of carbonyl (C=O) groups is 1. The first-order valence-electron chi connectivity index (χ1n) is 6.71. The second-order valence-corrected chi connectivity index (χ2v) is 5.46. The topological polar surface area (TPSA) is 61.4 Å². The van der Waals surface area contributed by atoms with Gasteiger partial charge in [0.2, 0.25) is 5.91 Å². The van der Waals surface area contributed by atoms with Crippen molar-refractivity contribution in [2.24, 2.45) is 17.8 Å². The molecule has 0 aliphatic heterocycles. The van der Waals surface area contributed by atoms with Crippen molar-refractivity contribution in [3.8, 4) is 0 Å². The summed E-state index contributed by atoms with van der Waals surface area (Å²) in [7, 11) is 0. The number of rotatable bonds is 7. The zero-order valence-electron chi connectivity index (χ0n) is 11.0. The summed E-state index contributed by atoms with van der Waals surface area (Å²) in [6, 6.07) is 0. The third-order valence-electron chi connectivity index (χ3n) is 3.45. The Labute approximate surface area is 104 Å². The first-order valence-corrected chi connectivity index (χ1v) is 6.71. The van der Waals surface area contributed by atoms with Crippen molar-refractivity contribution in [2.75, 3.05) is 26.2 Å². The maximum Gasteiger partial charge on any atom is 0.233 e. The van der Waals surface area contributed by atoms with Gasteiger partial charge in [0, 0.05) is 13.2 Å². The van der Waals surface area contributed by atoms with Crippen LogP contribution in [-0.2, 0) is 4.79 Å². The van der Waals surface area contributed by atoms with E-state index in [2.05, 4.69) is 24.5 Å². The van der Waals surface area contributed by atoms with Crippen LogP contribution in [0.4, 0.5) is 0 Å². The zero-order chi connectivity index (χ0) is 12.7. The highest BCUT2D eigenvalue weighted by Crippen LogP contribution is 2.30. The summed E-state index contributed by atoms with van der Waals surface area (Å²) in [5, 5.41) is 15.3. The predicted molar refractivity (Wildman–Crippen MR) is 68.6 cm³/mol. The van der Waals surface area contributed by atoms with Crippen molar-refractivity contribution >= 4 is 5.91 Å². The lowest BCUT2D eigenvalue weighted by Gasteiger charge is -2.17. The maximum atomic E-state index is 11.4. The predicted octanol–water partition coefficient (Wildman–Crippen LogP) is 0.757. The van der Waals surface area contributed by atoms with E-state index in [0.29, 0.717) is 24.3 Å². The molecule has 0 radical (unpaired) electrons. The Morgan fingerprint density at radius 2 is 2.06 bits per heavy atom. The van der Waals surface area contributed by atoms with Crippen molar-refractivity contribution in [1.82, 2.24) is 10.6 Å². The lowest BCUT2D eigenvalue weighted by Crippen LogP contribution is -2.38. The van der Waals surface area contributed by atoms with Gasteiger partial charge in [-0.15, -0.1) is 0 Å². The van der Waals surface area contributed by atoms with E-state index < -0.39 is 0 Å². The van der Waals surface area contributed by atoms with Crippen LogP contribution in [0.5, 0.6) is 0 Å². The highest BCUT2D eigenvalue weighted by atomic mass is 16.3. The van der Waals surface area contributed by atoms with Gasteiger partial charge in [0.1, 0.15) is 0 Å². The van der Waals surface area contributed by atoms with Crippen LogP contribution in [0.1, 0.15) is 33.1 Å². The molecule has 100 valence electrons. The summed E-state index contributed by atoms with van der Waals surface area (Å²) >= 11 is 0. The van der Waals surface area contributed by atoms with Gasteiger partial charge in [0.05, 0.1) is 6.54 Å². The summed E-state index contributed by atoms with van der Waals surface area (Å²) in [6.45, 7) is 6.42. The number of aliphatic hydroxyl groups is 1. The Hall–Kier alpha value is -0.610. The average molecular weight is 242 g/mol. The molecule has 1 aliphatic rings. The van der Waals surface area contributed by atoms with Gasteiger partial charge in [-0.1, -0.05) is 20.3 Å². The van der Waals surface area contributed by atoms with Crippen LogP contribution in [0.25, 0.3) is 0 Å². The smallest absolute Gasteiger partial charge is 0.233 e. The molecule has 1 fully saturated rings. The van der Waals surface area contributed by atoms with Crippen LogP contribution < -0.4 is 10.6 Å². The van der Waals surface area contributed by atoms with E-state index in [4.69, 9.17) is 0 Å². The molecule has 0 saturated heterocycles. The molecule has 1 aliphatic carbocycles. The lowest BCUT2D eigenvalue weighted by atomic mass is 9.97. The van der Waals surface area contributed by atoms with Gasteiger partial charge in [-0.05, 0) is 37.1 Å². The Morgan fingerprint density at radius 1 is 1.35 bits per heavy atom. The summed E-state index contributed by atoms with van der Waals surface area (Å²) in [5.74, 6) is 1.53. The summed E-state index contributed by atoms with van der Waals surface area (Å²) in [5.41, 5.74) is 0. The van der Waals surface area contributed by atoms with Crippen molar-refractivity contribution < 1.29 is 9.90 Å². The molecule has 2 unspecified atom stereocenters. The van der Waals surface area contributed by atoms with Crippen molar-refractivity contribution in [3.05, 3.63) is 0 Å². The van der Waals surface area contributed by atoms with E-state index in [-0.39, 0.29) is 12.5 Å². The Balaban J connectivity index is 2.08. The second-order valence-electron chi connectivity index (χ2n) is 5.46. The summed E-state index contributed by atoms with van der Waals surface area (Å²) in [4.78, 5) is 11.4. The summed E-state index contributed by atoms with van der Waals surface area (Å²) < 4.78 is 0. The van der Waals surface area contributed by atoms with Crippen molar-refractivity contribution in [3.63, 3.8) is 0 Å². The average Bonchev–Trinajstić information content (AvgIpc) is 2.74. The molecule has 1 amide bonds. The molecule has 3 N–H and O–H groups in total. The SMILES string of the molecule is CC(C)CNC(=O)CNCC1CCCC1CO. The molecule has 4 nitrogen and oxygen atoms in total. The van der Waals surface area contributed by atoms with E-state index >= 15 is 0 Å².